The fraction of sp³-hybridized carbons (Fsp3) is 0.400. The summed E-state index contributed by atoms with van der Waals surface area (Å²) in [7, 11) is 2.66. The van der Waals surface area contributed by atoms with E-state index in [9.17, 15) is 18.0 Å². The van der Waals surface area contributed by atoms with Crippen molar-refractivity contribution in [3.05, 3.63) is 23.5 Å². The largest absolute Gasteiger partial charge is 0.494 e. The number of hydrogen-bond donors (Lipinski definition) is 1. The van der Waals surface area contributed by atoms with Crippen LogP contribution in [-0.4, -0.2) is 31.2 Å². The van der Waals surface area contributed by atoms with Crippen molar-refractivity contribution in [2.24, 2.45) is 0 Å². The minimum atomic E-state index is -4.32. The molecule has 0 aliphatic carbocycles. The Bertz CT molecular complexity index is 419. The number of nitrogens with one attached hydrogen (secondary N) is 1. The van der Waals surface area contributed by atoms with Gasteiger partial charge in [-0.15, -0.1) is 0 Å². The van der Waals surface area contributed by atoms with Crippen LogP contribution in [0.5, 0.6) is 5.75 Å². The fourth-order valence-electron chi connectivity index (χ4n) is 1.26. The number of hydrogen-bond acceptors (Lipinski definition) is 3. The molecule has 1 amide bonds. The molecule has 0 radical (unpaired) electrons. The first kappa shape index (κ1) is 13.3. The van der Waals surface area contributed by atoms with Crippen molar-refractivity contribution in [1.29, 1.82) is 0 Å². The molecule has 0 atom stereocenters. The van der Waals surface area contributed by atoms with Gasteiger partial charge in [0, 0.05) is 13.2 Å². The number of ether oxygens (including phenoxy) is 1. The van der Waals surface area contributed by atoms with Crippen molar-refractivity contribution in [2.45, 2.75) is 12.6 Å². The number of carbonyl (C=O) groups excluding carboxylic acids is 1. The Kier molecular flexibility index (Phi) is 3.93. The van der Waals surface area contributed by atoms with Crippen LogP contribution in [0, 0.1) is 0 Å². The van der Waals surface area contributed by atoms with E-state index in [4.69, 9.17) is 4.74 Å². The third kappa shape index (κ3) is 3.61. The SMILES string of the molecule is CNC(=O)c1ncc(CC(F)(F)F)cc1OC. The van der Waals surface area contributed by atoms with Gasteiger partial charge < -0.3 is 10.1 Å². The highest BCUT2D eigenvalue weighted by atomic mass is 19.4. The van der Waals surface area contributed by atoms with Crippen LogP contribution < -0.4 is 10.1 Å². The van der Waals surface area contributed by atoms with Crippen LogP contribution in [0.15, 0.2) is 12.3 Å². The third-order valence-corrected chi connectivity index (χ3v) is 1.98. The topological polar surface area (TPSA) is 51.2 Å². The number of nitrogens with zero attached hydrogens (tertiary/aromatic N) is 1. The molecule has 1 heterocycles. The Morgan fingerprint density at radius 1 is 1.53 bits per heavy atom. The minimum absolute atomic E-state index is 0.0195. The quantitative estimate of drug-likeness (QED) is 0.883. The molecule has 0 saturated carbocycles. The van der Waals surface area contributed by atoms with Gasteiger partial charge in [0.05, 0.1) is 13.5 Å². The number of alkyl halides is 3. The fourth-order valence-corrected chi connectivity index (χ4v) is 1.26. The Morgan fingerprint density at radius 2 is 2.18 bits per heavy atom. The zero-order chi connectivity index (χ0) is 13.1. The van der Waals surface area contributed by atoms with E-state index in [2.05, 4.69) is 10.3 Å². The van der Waals surface area contributed by atoms with Crippen LogP contribution in [0.3, 0.4) is 0 Å². The Hall–Kier alpha value is -1.79. The molecule has 0 fully saturated rings. The van der Waals surface area contributed by atoms with E-state index in [1.807, 2.05) is 0 Å². The Balaban J connectivity index is 3.04. The minimum Gasteiger partial charge on any atom is -0.494 e. The molecule has 0 spiro atoms. The molecule has 0 aliphatic rings. The molecule has 0 unspecified atom stereocenters. The number of amides is 1. The average Bonchev–Trinajstić information content (AvgIpc) is 2.25. The van der Waals surface area contributed by atoms with Gasteiger partial charge in [-0.2, -0.15) is 13.2 Å². The van der Waals surface area contributed by atoms with Gasteiger partial charge in [0.15, 0.2) is 5.69 Å². The summed E-state index contributed by atoms with van der Waals surface area (Å²) in [6, 6.07) is 1.16. The second-order valence-corrected chi connectivity index (χ2v) is 3.27. The molecule has 1 N–H and O–H groups in total. The van der Waals surface area contributed by atoms with Crippen LogP contribution in [0.2, 0.25) is 0 Å². The molecule has 0 aromatic carbocycles. The number of carbonyl (C=O) groups is 1. The molecule has 0 saturated heterocycles. The lowest BCUT2D eigenvalue weighted by molar-refractivity contribution is -0.127. The highest BCUT2D eigenvalue weighted by Crippen LogP contribution is 2.24. The highest BCUT2D eigenvalue weighted by Gasteiger charge is 2.28. The molecule has 0 bridgehead atoms. The molecule has 4 nitrogen and oxygen atoms in total. The van der Waals surface area contributed by atoms with E-state index in [-0.39, 0.29) is 17.0 Å². The molecule has 1 rings (SSSR count). The Labute approximate surface area is 95.8 Å². The maximum absolute atomic E-state index is 12.2. The van der Waals surface area contributed by atoms with Gasteiger partial charge in [-0.3, -0.25) is 4.79 Å². The van der Waals surface area contributed by atoms with Gasteiger partial charge in [-0.1, -0.05) is 0 Å². The van der Waals surface area contributed by atoms with Crippen LogP contribution in [0.25, 0.3) is 0 Å². The summed E-state index contributed by atoms with van der Waals surface area (Å²) in [5, 5.41) is 2.32. The van der Waals surface area contributed by atoms with Crippen molar-refractivity contribution < 1.29 is 22.7 Å². The van der Waals surface area contributed by atoms with Crippen LogP contribution >= 0.6 is 0 Å². The van der Waals surface area contributed by atoms with Crippen LogP contribution in [0.4, 0.5) is 13.2 Å². The average molecular weight is 248 g/mol. The van der Waals surface area contributed by atoms with Crippen LogP contribution in [-0.2, 0) is 6.42 Å². The summed E-state index contributed by atoms with van der Waals surface area (Å²) in [4.78, 5) is 15.0. The van der Waals surface area contributed by atoms with Gasteiger partial charge in [-0.25, -0.2) is 4.98 Å². The summed E-state index contributed by atoms with van der Waals surface area (Å²) >= 11 is 0. The highest BCUT2D eigenvalue weighted by molar-refractivity contribution is 5.94. The first-order valence-electron chi connectivity index (χ1n) is 4.69. The molecular weight excluding hydrogens is 237 g/mol. The Morgan fingerprint density at radius 3 is 2.65 bits per heavy atom. The monoisotopic (exact) mass is 248 g/mol. The lowest BCUT2D eigenvalue weighted by Crippen LogP contribution is -2.20. The molecule has 7 heteroatoms. The number of pyridine rings is 1. The molecular formula is C10H11F3N2O2. The van der Waals surface area contributed by atoms with E-state index in [1.54, 1.807) is 0 Å². The summed E-state index contributed by atoms with van der Waals surface area (Å²) in [5.41, 5.74) is -0.0945. The van der Waals surface area contributed by atoms with Crippen molar-refractivity contribution in [2.75, 3.05) is 14.2 Å². The van der Waals surface area contributed by atoms with Gasteiger partial charge >= 0.3 is 6.18 Å². The third-order valence-electron chi connectivity index (χ3n) is 1.98. The smallest absolute Gasteiger partial charge is 0.393 e. The van der Waals surface area contributed by atoms with Crippen molar-refractivity contribution in [3.63, 3.8) is 0 Å². The molecule has 17 heavy (non-hydrogen) atoms. The predicted octanol–water partition coefficient (Wildman–Crippen LogP) is 1.55. The lowest BCUT2D eigenvalue weighted by Gasteiger charge is -2.10. The van der Waals surface area contributed by atoms with Crippen LogP contribution in [0.1, 0.15) is 16.1 Å². The predicted molar refractivity (Wildman–Crippen MR) is 53.9 cm³/mol. The standard InChI is InChI=1S/C10H11F3N2O2/c1-14-9(16)8-7(17-2)3-6(5-15-8)4-10(11,12)13/h3,5H,4H2,1-2H3,(H,14,16). The summed E-state index contributed by atoms with van der Waals surface area (Å²) in [5.74, 6) is -0.494. The summed E-state index contributed by atoms with van der Waals surface area (Å²) in [6.07, 6.45) is -4.41. The lowest BCUT2D eigenvalue weighted by atomic mass is 10.1. The van der Waals surface area contributed by atoms with Gasteiger partial charge in [-0.05, 0) is 11.6 Å². The van der Waals surface area contributed by atoms with Gasteiger partial charge in [0.1, 0.15) is 5.75 Å². The molecule has 1 aromatic rings. The van der Waals surface area contributed by atoms with Gasteiger partial charge in [0.25, 0.3) is 5.91 Å². The summed E-state index contributed by atoms with van der Waals surface area (Å²) < 4.78 is 41.3. The van der Waals surface area contributed by atoms with E-state index < -0.39 is 18.5 Å². The number of methoxy groups -OCH3 is 1. The normalized spacial score (nSPS) is 11.1. The maximum Gasteiger partial charge on any atom is 0.393 e. The van der Waals surface area contributed by atoms with E-state index in [1.165, 1.54) is 14.2 Å². The summed E-state index contributed by atoms with van der Waals surface area (Å²) in [6.45, 7) is 0. The van der Waals surface area contributed by atoms with Crippen molar-refractivity contribution in [1.82, 2.24) is 10.3 Å². The molecule has 1 aromatic heterocycles. The number of halogens is 3. The second-order valence-electron chi connectivity index (χ2n) is 3.27. The molecule has 94 valence electrons. The first-order valence-corrected chi connectivity index (χ1v) is 4.69. The number of aromatic nitrogens is 1. The maximum atomic E-state index is 12.2. The molecule has 0 aliphatic heterocycles. The van der Waals surface area contributed by atoms with E-state index in [0.29, 0.717) is 0 Å². The second kappa shape index (κ2) is 5.03. The number of rotatable bonds is 3. The van der Waals surface area contributed by atoms with Gasteiger partial charge in [0.2, 0.25) is 0 Å². The van der Waals surface area contributed by atoms with Crippen molar-refractivity contribution >= 4 is 5.91 Å². The van der Waals surface area contributed by atoms with Crippen molar-refractivity contribution in [3.8, 4) is 5.75 Å². The first-order chi connectivity index (χ1) is 7.87. The van der Waals surface area contributed by atoms with E-state index in [0.717, 1.165) is 12.3 Å². The van der Waals surface area contributed by atoms with E-state index >= 15 is 0 Å². The zero-order valence-corrected chi connectivity index (χ0v) is 9.26. The zero-order valence-electron chi connectivity index (χ0n) is 9.26.